The number of amides is 1. The van der Waals surface area contributed by atoms with E-state index in [1.165, 1.54) is 10.4 Å². The number of nitrogens with one attached hydrogen (secondary N) is 1. The van der Waals surface area contributed by atoms with E-state index in [9.17, 15) is 4.79 Å². The van der Waals surface area contributed by atoms with E-state index < -0.39 is 8.32 Å². The summed E-state index contributed by atoms with van der Waals surface area (Å²) in [5, 5.41) is 5.50. The number of carbonyl (C=O) groups is 1. The Morgan fingerprint density at radius 1 is 0.960 bits per heavy atom. The van der Waals surface area contributed by atoms with Crippen molar-refractivity contribution in [2.24, 2.45) is 0 Å². The first-order valence-corrected chi connectivity index (χ1v) is 10.9. The van der Waals surface area contributed by atoms with Crippen LogP contribution in [0.4, 0.5) is 0 Å². The number of hydrogen-bond donors (Lipinski definition) is 1. The fourth-order valence-electron chi connectivity index (χ4n) is 3.75. The third kappa shape index (κ3) is 3.55. The van der Waals surface area contributed by atoms with E-state index >= 15 is 0 Å². The lowest BCUT2D eigenvalue weighted by Gasteiger charge is -2.45. The second-order valence-electron chi connectivity index (χ2n) is 7.75. The molecule has 1 saturated heterocycles. The Morgan fingerprint density at radius 3 is 1.88 bits per heavy atom. The molecule has 0 bridgehead atoms. The molecule has 3 rings (SSSR count). The number of rotatable bonds is 4. The number of piperidine rings is 1. The van der Waals surface area contributed by atoms with Gasteiger partial charge < -0.3 is 9.74 Å². The molecule has 1 heterocycles. The van der Waals surface area contributed by atoms with Crippen molar-refractivity contribution in [3.8, 4) is 0 Å². The van der Waals surface area contributed by atoms with Crippen molar-refractivity contribution >= 4 is 24.6 Å². The fourth-order valence-corrected chi connectivity index (χ4v) is 8.47. The molecule has 0 aliphatic carbocycles. The highest BCUT2D eigenvalue weighted by Gasteiger charge is 2.51. The van der Waals surface area contributed by atoms with Crippen molar-refractivity contribution in [3.05, 3.63) is 60.7 Å². The predicted molar refractivity (Wildman–Crippen MR) is 105 cm³/mol. The van der Waals surface area contributed by atoms with E-state index in [2.05, 4.69) is 86.8 Å². The molecule has 0 unspecified atom stereocenters. The highest BCUT2D eigenvalue weighted by Crippen LogP contribution is 2.38. The highest BCUT2D eigenvalue weighted by molar-refractivity contribution is 6.99. The zero-order valence-electron chi connectivity index (χ0n) is 15.3. The summed E-state index contributed by atoms with van der Waals surface area (Å²) in [5.74, 6) is 0.127. The van der Waals surface area contributed by atoms with Crippen LogP contribution in [0.3, 0.4) is 0 Å². The monoisotopic (exact) mass is 353 g/mol. The summed E-state index contributed by atoms with van der Waals surface area (Å²) in [5.41, 5.74) is 0. The summed E-state index contributed by atoms with van der Waals surface area (Å²) in [7, 11) is -2.51. The lowest BCUT2D eigenvalue weighted by atomic mass is 10.1. The molecule has 1 atom stereocenters. The van der Waals surface area contributed by atoms with Crippen molar-refractivity contribution in [1.82, 2.24) is 5.32 Å². The fraction of sp³-hybridized carbons (Fsp3) is 0.381. The van der Waals surface area contributed by atoms with Crippen LogP contribution in [0.2, 0.25) is 5.04 Å². The van der Waals surface area contributed by atoms with Gasteiger partial charge in [-0.25, -0.2) is 0 Å². The molecule has 4 heteroatoms. The summed E-state index contributed by atoms with van der Waals surface area (Å²) in [6.07, 6.45) is 1.39. The van der Waals surface area contributed by atoms with Gasteiger partial charge in [0.2, 0.25) is 5.91 Å². The maximum absolute atomic E-state index is 11.6. The lowest BCUT2D eigenvalue weighted by molar-refractivity contribution is -0.123. The first kappa shape index (κ1) is 17.9. The minimum Gasteiger partial charge on any atom is -0.403 e. The molecule has 0 radical (unpaired) electrons. The lowest BCUT2D eigenvalue weighted by Crippen LogP contribution is -2.68. The van der Waals surface area contributed by atoms with Crippen LogP contribution >= 0.6 is 0 Å². The SMILES string of the molecule is CC(C)(C)[Si](O[C@H]1CCC(=O)NC1)(c1ccccc1)c1ccccc1. The van der Waals surface area contributed by atoms with Crippen molar-refractivity contribution < 1.29 is 9.22 Å². The molecule has 0 saturated carbocycles. The summed E-state index contributed by atoms with van der Waals surface area (Å²) >= 11 is 0. The third-order valence-electron chi connectivity index (χ3n) is 4.98. The van der Waals surface area contributed by atoms with Crippen LogP contribution in [0.1, 0.15) is 33.6 Å². The Labute approximate surface area is 151 Å². The van der Waals surface area contributed by atoms with Crippen LogP contribution in [0.15, 0.2) is 60.7 Å². The van der Waals surface area contributed by atoms with Crippen molar-refractivity contribution in [1.29, 1.82) is 0 Å². The van der Waals surface area contributed by atoms with Gasteiger partial charge in [0.05, 0.1) is 6.10 Å². The molecule has 1 N–H and O–H groups in total. The smallest absolute Gasteiger partial charge is 0.261 e. The Morgan fingerprint density at radius 2 is 1.48 bits per heavy atom. The molecule has 2 aromatic carbocycles. The summed E-state index contributed by atoms with van der Waals surface area (Å²) < 4.78 is 6.99. The van der Waals surface area contributed by atoms with Gasteiger partial charge >= 0.3 is 0 Å². The second-order valence-corrected chi connectivity index (χ2v) is 12.0. The molecule has 25 heavy (non-hydrogen) atoms. The Balaban J connectivity index is 2.10. The molecule has 0 aromatic heterocycles. The summed E-state index contributed by atoms with van der Waals surface area (Å²) in [4.78, 5) is 11.6. The molecule has 0 spiro atoms. The van der Waals surface area contributed by atoms with Gasteiger partial charge in [0.1, 0.15) is 0 Å². The van der Waals surface area contributed by atoms with Crippen LogP contribution in [-0.4, -0.2) is 26.9 Å². The zero-order chi connectivity index (χ0) is 17.9. The molecular formula is C21H27NO2Si. The van der Waals surface area contributed by atoms with E-state index in [0.717, 1.165) is 6.42 Å². The van der Waals surface area contributed by atoms with Crippen molar-refractivity contribution in [2.45, 2.75) is 44.8 Å². The van der Waals surface area contributed by atoms with Crippen LogP contribution in [0.5, 0.6) is 0 Å². The third-order valence-corrected chi connectivity index (χ3v) is 10.1. The standard InChI is InChI=1S/C21H27NO2Si/c1-21(2,3)25(18-10-6-4-7-11-18,19-12-8-5-9-13-19)24-17-14-15-20(23)22-16-17/h4-13,17H,14-16H2,1-3H3,(H,22,23)/t17-/m0/s1. The van der Waals surface area contributed by atoms with Gasteiger partial charge in [0.25, 0.3) is 8.32 Å². The van der Waals surface area contributed by atoms with Crippen LogP contribution in [0, 0.1) is 0 Å². The van der Waals surface area contributed by atoms with Crippen LogP contribution < -0.4 is 15.7 Å². The zero-order valence-corrected chi connectivity index (χ0v) is 16.3. The molecule has 1 amide bonds. The van der Waals surface area contributed by atoms with Crippen LogP contribution in [-0.2, 0) is 9.22 Å². The largest absolute Gasteiger partial charge is 0.403 e. The van der Waals surface area contributed by atoms with E-state index in [-0.39, 0.29) is 17.0 Å². The quantitative estimate of drug-likeness (QED) is 0.859. The first-order chi connectivity index (χ1) is 11.9. The van der Waals surface area contributed by atoms with E-state index in [0.29, 0.717) is 13.0 Å². The molecule has 3 nitrogen and oxygen atoms in total. The van der Waals surface area contributed by atoms with Crippen molar-refractivity contribution in [3.63, 3.8) is 0 Å². The molecule has 1 aliphatic heterocycles. The molecule has 132 valence electrons. The maximum Gasteiger partial charge on any atom is 0.261 e. The first-order valence-electron chi connectivity index (χ1n) is 8.99. The Kier molecular flexibility index (Phi) is 5.11. The van der Waals surface area contributed by atoms with Gasteiger partial charge in [-0.05, 0) is 21.8 Å². The summed E-state index contributed by atoms with van der Waals surface area (Å²) in [6.45, 7) is 7.44. The van der Waals surface area contributed by atoms with E-state index in [1.54, 1.807) is 0 Å². The number of benzene rings is 2. The summed E-state index contributed by atoms with van der Waals surface area (Å²) in [6, 6.07) is 21.3. The molecule has 2 aromatic rings. The van der Waals surface area contributed by atoms with Gasteiger partial charge in [-0.2, -0.15) is 0 Å². The molecule has 1 fully saturated rings. The normalized spacial score (nSPS) is 18.7. The second kappa shape index (κ2) is 7.14. The minimum absolute atomic E-state index is 0.0306. The number of carbonyl (C=O) groups excluding carboxylic acids is 1. The average Bonchev–Trinajstić information content (AvgIpc) is 2.62. The number of hydrogen-bond acceptors (Lipinski definition) is 2. The van der Waals surface area contributed by atoms with Gasteiger partial charge in [0.15, 0.2) is 0 Å². The molecule has 1 aliphatic rings. The maximum atomic E-state index is 11.6. The van der Waals surface area contributed by atoms with Gasteiger partial charge in [-0.1, -0.05) is 81.4 Å². The minimum atomic E-state index is -2.51. The topological polar surface area (TPSA) is 38.3 Å². The van der Waals surface area contributed by atoms with Gasteiger partial charge in [-0.3, -0.25) is 4.79 Å². The van der Waals surface area contributed by atoms with E-state index in [1.807, 2.05) is 0 Å². The predicted octanol–water partition coefficient (Wildman–Crippen LogP) is 2.84. The van der Waals surface area contributed by atoms with Gasteiger partial charge in [0, 0.05) is 13.0 Å². The van der Waals surface area contributed by atoms with Crippen molar-refractivity contribution in [2.75, 3.05) is 6.54 Å². The van der Waals surface area contributed by atoms with E-state index in [4.69, 9.17) is 4.43 Å². The Hall–Kier alpha value is -1.91. The van der Waals surface area contributed by atoms with Gasteiger partial charge in [-0.15, -0.1) is 0 Å². The van der Waals surface area contributed by atoms with Crippen LogP contribution in [0.25, 0.3) is 0 Å². The highest BCUT2D eigenvalue weighted by atomic mass is 28.4. The average molecular weight is 354 g/mol. The molecular weight excluding hydrogens is 326 g/mol. The Bertz CT molecular complexity index is 660.